The molecule has 0 aromatic carbocycles. The van der Waals surface area contributed by atoms with E-state index in [1.165, 1.54) is 11.8 Å². The van der Waals surface area contributed by atoms with Gasteiger partial charge in [0.25, 0.3) is 0 Å². The second-order valence-electron chi connectivity index (χ2n) is 3.63. The summed E-state index contributed by atoms with van der Waals surface area (Å²) in [5.74, 6) is 0.0866. The molecule has 0 radical (unpaired) electrons. The highest BCUT2D eigenvalue weighted by atomic mass is 32.2. The summed E-state index contributed by atoms with van der Waals surface area (Å²) in [5.41, 5.74) is 0. The van der Waals surface area contributed by atoms with E-state index in [4.69, 9.17) is 9.47 Å². The molecule has 0 amide bonds. The lowest BCUT2D eigenvalue weighted by atomic mass is 10.2. The van der Waals surface area contributed by atoms with E-state index in [0.29, 0.717) is 25.4 Å². The molecule has 0 aromatic rings. The zero-order chi connectivity index (χ0) is 12.6. The molecular formula is C11H20O4S. The second-order valence-corrected chi connectivity index (χ2v) is 5.35. The Labute approximate surface area is 101 Å². The zero-order valence-corrected chi connectivity index (χ0v) is 11.2. The van der Waals surface area contributed by atoms with Gasteiger partial charge < -0.3 is 9.47 Å². The summed E-state index contributed by atoms with van der Waals surface area (Å²) in [5, 5.41) is 0. The van der Waals surface area contributed by atoms with Crippen LogP contribution in [0, 0.1) is 0 Å². The Kier molecular flexibility index (Phi) is 7.21. The molecule has 0 rings (SSSR count). The van der Waals surface area contributed by atoms with Crippen molar-refractivity contribution in [1.29, 1.82) is 0 Å². The highest BCUT2D eigenvalue weighted by molar-refractivity contribution is 8.01. The molecule has 0 unspecified atom stereocenters. The molecule has 0 spiro atoms. The monoisotopic (exact) mass is 248 g/mol. The molecule has 0 fully saturated rings. The summed E-state index contributed by atoms with van der Waals surface area (Å²) in [4.78, 5) is 22.6. The molecule has 0 N–H and O–H groups in total. The van der Waals surface area contributed by atoms with Crippen LogP contribution in [-0.2, 0) is 19.1 Å². The lowest BCUT2D eigenvalue weighted by molar-refractivity contribution is -0.145. The predicted octanol–water partition coefficient (Wildman–Crippen LogP) is 2.01. The van der Waals surface area contributed by atoms with Gasteiger partial charge in [0, 0.05) is 5.75 Å². The highest BCUT2D eigenvalue weighted by Gasteiger charge is 2.29. The zero-order valence-electron chi connectivity index (χ0n) is 10.4. The van der Waals surface area contributed by atoms with Crippen molar-refractivity contribution in [1.82, 2.24) is 0 Å². The average Bonchev–Trinajstić information content (AvgIpc) is 2.18. The summed E-state index contributed by atoms with van der Waals surface area (Å²) in [6.07, 6.45) is 0.321. The fraction of sp³-hybridized carbons (Fsp3) is 0.818. The minimum atomic E-state index is -0.609. The molecule has 16 heavy (non-hydrogen) atoms. The number of esters is 2. The Bertz CT molecular complexity index is 238. The van der Waals surface area contributed by atoms with Crippen LogP contribution in [-0.4, -0.2) is 35.7 Å². The maximum atomic E-state index is 11.5. The van der Waals surface area contributed by atoms with Gasteiger partial charge in [-0.3, -0.25) is 9.59 Å². The normalized spacial score (nSPS) is 11.0. The Morgan fingerprint density at radius 2 is 1.69 bits per heavy atom. The van der Waals surface area contributed by atoms with E-state index in [1.54, 1.807) is 27.7 Å². The SMILES string of the molecule is CCOC(=O)CCSC(C)(C)C(=O)OCC. The molecule has 0 saturated heterocycles. The van der Waals surface area contributed by atoms with Crippen LogP contribution < -0.4 is 0 Å². The van der Waals surface area contributed by atoms with Crippen molar-refractivity contribution in [2.24, 2.45) is 0 Å². The number of thioether (sulfide) groups is 1. The quantitative estimate of drug-likeness (QED) is 0.645. The smallest absolute Gasteiger partial charge is 0.321 e. The van der Waals surface area contributed by atoms with E-state index in [2.05, 4.69) is 0 Å². The topological polar surface area (TPSA) is 52.6 Å². The Hall–Kier alpha value is -0.710. The second kappa shape index (κ2) is 7.54. The molecule has 0 bridgehead atoms. The number of hydrogen-bond donors (Lipinski definition) is 0. The van der Waals surface area contributed by atoms with E-state index in [9.17, 15) is 9.59 Å². The number of rotatable bonds is 7. The summed E-state index contributed by atoms with van der Waals surface area (Å²) < 4.78 is 9.12. The molecular weight excluding hydrogens is 228 g/mol. The molecule has 0 saturated carbocycles. The first-order valence-corrected chi connectivity index (χ1v) is 6.39. The lowest BCUT2D eigenvalue weighted by Gasteiger charge is -2.21. The van der Waals surface area contributed by atoms with Crippen molar-refractivity contribution in [3.63, 3.8) is 0 Å². The van der Waals surface area contributed by atoms with Crippen LogP contribution in [0.15, 0.2) is 0 Å². The predicted molar refractivity (Wildman–Crippen MR) is 64.4 cm³/mol. The molecule has 0 heterocycles. The first-order valence-electron chi connectivity index (χ1n) is 5.40. The first kappa shape index (κ1) is 15.3. The van der Waals surface area contributed by atoms with Crippen LogP contribution in [0.25, 0.3) is 0 Å². The highest BCUT2D eigenvalue weighted by Crippen LogP contribution is 2.26. The van der Waals surface area contributed by atoms with E-state index >= 15 is 0 Å². The third kappa shape index (κ3) is 6.00. The summed E-state index contributed by atoms with van der Waals surface area (Å²) >= 11 is 1.41. The standard InChI is InChI=1S/C11H20O4S/c1-5-14-9(12)7-8-16-11(3,4)10(13)15-6-2/h5-8H2,1-4H3. The van der Waals surface area contributed by atoms with Gasteiger partial charge in [-0.05, 0) is 27.7 Å². The molecule has 0 aliphatic carbocycles. The van der Waals surface area contributed by atoms with Crippen LogP contribution in [0.2, 0.25) is 0 Å². The van der Waals surface area contributed by atoms with E-state index in [1.807, 2.05) is 0 Å². The largest absolute Gasteiger partial charge is 0.466 e. The number of hydrogen-bond acceptors (Lipinski definition) is 5. The van der Waals surface area contributed by atoms with Gasteiger partial charge in [-0.1, -0.05) is 0 Å². The van der Waals surface area contributed by atoms with Crippen molar-refractivity contribution in [3.8, 4) is 0 Å². The minimum absolute atomic E-state index is 0.227. The van der Waals surface area contributed by atoms with Crippen molar-refractivity contribution >= 4 is 23.7 Å². The fourth-order valence-corrected chi connectivity index (χ4v) is 1.94. The molecule has 0 aliphatic heterocycles. The van der Waals surface area contributed by atoms with Crippen molar-refractivity contribution in [2.45, 2.75) is 38.9 Å². The van der Waals surface area contributed by atoms with E-state index in [-0.39, 0.29) is 11.9 Å². The summed E-state index contributed by atoms with van der Waals surface area (Å²) in [7, 11) is 0. The summed E-state index contributed by atoms with van der Waals surface area (Å²) in [6.45, 7) is 7.90. The molecule has 0 atom stereocenters. The molecule has 0 aliphatic rings. The average molecular weight is 248 g/mol. The third-order valence-electron chi connectivity index (χ3n) is 1.84. The fourth-order valence-electron chi connectivity index (χ4n) is 0.986. The molecule has 5 heteroatoms. The van der Waals surface area contributed by atoms with Gasteiger partial charge in [0.1, 0.15) is 4.75 Å². The van der Waals surface area contributed by atoms with E-state index in [0.717, 1.165) is 0 Å². The van der Waals surface area contributed by atoms with Gasteiger partial charge in [-0.2, -0.15) is 0 Å². The van der Waals surface area contributed by atoms with E-state index < -0.39 is 4.75 Å². The van der Waals surface area contributed by atoms with Gasteiger partial charge in [0.15, 0.2) is 0 Å². The van der Waals surface area contributed by atoms with Crippen LogP contribution in [0.5, 0.6) is 0 Å². The summed E-state index contributed by atoms with van der Waals surface area (Å²) in [6, 6.07) is 0. The first-order chi connectivity index (χ1) is 7.44. The Morgan fingerprint density at radius 3 is 2.19 bits per heavy atom. The van der Waals surface area contributed by atoms with Gasteiger partial charge in [0.05, 0.1) is 19.6 Å². The third-order valence-corrected chi connectivity index (χ3v) is 3.14. The number of ether oxygens (including phenoxy) is 2. The van der Waals surface area contributed by atoms with Crippen molar-refractivity contribution in [2.75, 3.05) is 19.0 Å². The van der Waals surface area contributed by atoms with Crippen molar-refractivity contribution in [3.05, 3.63) is 0 Å². The number of carbonyl (C=O) groups is 2. The maximum absolute atomic E-state index is 11.5. The molecule has 4 nitrogen and oxygen atoms in total. The van der Waals surface area contributed by atoms with Crippen LogP contribution in [0.3, 0.4) is 0 Å². The Balaban J connectivity index is 3.90. The molecule has 94 valence electrons. The van der Waals surface area contributed by atoms with Crippen LogP contribution >= 0.6 is 11.8 Å². The van der Waals surface area contributed by atoms with Crippen molar-refractivity contribution < 1.29 is 19.1 Å². The van der Waals surface area contributed by atoms with Crippen LogP contribution in [0.4, 0.5) is 0 Å². The molecule has 0 aromatic heterocycles. The Morgan fingerprint density at radius 1 is 1.12 bits per heavy atom. The van der Waals surface area contributed by atoms with Gasteiger partial charge >= 0.3 is 11.9 Å². The van der Waals surface area contributed by atoms with Gasteiger partial charge in [-0.15, -0.1) is 11.8 Å². The van der Waals surface area contributed by atoms with Gasteiger partial charge in [-0.25, -0.2) is 0 Å². The maximum Gasteiger partial charge on any atom is 0.321 e. The number of carbonyl (C=O) groups excluding carboxylic acids is 2. The lowest BCUT2D eigenvalue weighted by Crippen LogP contribution is -2.30. The minimum Gasteiger partial charge on any atom is -0.466 e. The van der Waals surface area contributed by atoms with Gasteiger partial charge in [0.2, 0.25) is 0 Å². The van der Waals surface area contributed by atoms with Crippen LogP contribution in [0.1, 0.15) is 34.1 Å².